The van der Waals surface area contributed by atoms with Crippen molar-refractivity contribution in [1.29, 1.82) is 0 Å². The predicted octanol–water partition coefficient (Wildman–Crippen LogP) is 20.6. The third kappa shape index (κ3) is 14.8. The van der Waals surface area contributed by atoms with Gasteiger partial charge in [0.2, 0.25) is 11.6 Å². The van der Waals surface area contributed by atoms with Crippen molar-refractivity contribution >= 4 is 40.3 Å². The molecule has 85 heavy (non-hydrogen) atoms. The zero-order chi connectivity index (χ0) is 59.2. The number of unbranched alkanes of at least 4 members (excludes halogenated alkanes) is 6. The fourth-order valence-corrected chi connectivity index (χ4v) is 13.0. The van der Waals surface area contributed by atoms with Gasteiger partial charge in [-0.15, -0.1) is 0 Å². The van der Waals surface area contributed by atoms with Crippen molar-refractivity contribution in [3.63, 3.8) is 0 Å². The number of phenols is 2. The van der Waals surface area contributed by atoms with Crippen LogP contribution in [0.5, 0.6) is 40.2 Å². The van der Waals surface area contributed by atoms with Gasteiger partial charge in [0.05, 0.1) is 39.2 Å². The first kappa shape index (κ1) is 60.3. The second kappa shape index (κ2) is 28.8. The average molecular weight is 1140 g/mol. The van der Waals surface area contributed by atoms with Crippen molar-refractivity contribution in [2.24, 2.45) is 11.8 Å². The molecule has 10 nitrogen and oxygen atoms in total. The van der Waals surface area contributed by atoms with Crippen molar-refractivity contribution in [1.82, 2.24) is 0 Å². The first-order valence-electron chi connectivity index (χ1n) is 32.0. The Balaban J connectivity index is 0.981. The molecule has 0 unspecified atom stereocenters. The van der Waals surface area contributed by atoms with Crippen molar-refractivity contribution in [2.75, 3.05) is 10.6 Å². The van der Waals surface area contributed by atoms with E-state index in [0.717, 1.165) is 81.6 Å². The van der Waals surface area contributed by atoms with Crippen LogP contribution in [0.25, 0.3) is 0 Å². The Morgan fingerprint density at radius 2 is 0.824 bits per heavy atom. The van der Waals surface area contributed by atoms with Gasteiger partial charge in [0, 0.05) is 23.5 Å². The molecular weight excluding hydrogens is 1060 g/mol. The van der Waals surface area contributed by atoms with E-state index >= 15 is 9.59 Å². The van der Waals surface area contributed by atoms with Crippen molar-refractivity contribution < 1.29 is 38.8 Å². The summed E-state index contributed by atoms with van der Waals surface area (Å²) < 4.78 is 18.8. The lowest BCUT2D eigenvalue weighted by Gasteiger charge is -2.29. The quantitative estimate of drug-likeness (QED) is 0.0179. The van der Waals surface area contributed by atoms with Gasteiger partial charge in [-0.1, -0.05) is 140 Å². The largest absolute Gasteiger partial charge is 0.504 e. The Bertz CT molecular complexity index is 3370. The number of ketones is 2. The van der Waals surface area contributed by atoms with Crippen LogP contribution in [-0.4, -0.2) is 27.7 Å². The third-order valence-electron chi connectivity index (χ3n) is 18.1. The molecule has 3 aliphatic rings. The lowest BCUT2D eigenvalue weighted by molar-refractivity contribution is 0.0734. The van der Waals surface area contributed by atoms with Gasteiger partial charge in [0.1, 0.15) is 17.2 Å². The van der Waals surface area contributed by atoms with Gasteiger partial charge in [0.25, 0.3) is 0 Å². The second-order valence-corrected chi connectivity index (χ2v) is 24.2. The van der Waals surface area contributed by atoms with E-state index in [2.05, 4.69) is 62.6 Å². The smallest absolute Gasteiger partial charge is 0.343 e. The molecule has 0 aromatic heterocycles. The molecule has 0 saturated heterocycles. The number of benzene rings is 7. The average Bonchev–Trinajstić information content (AvgIpc) is 1.26. The van der Waals surface area contributed by atoms with E-state index in [-0.39, 0.29) is 45.1 Å². The standard InChI is InChI=1S/C75H86N2O8/c1-5-9-13-17-51-19-27-53(28-20-51)55-33-43-60(44-34-55)83-65-47-63(76-58-37-23-49(24-38-58)15-11-7-3)67-69(71(65)78)74(81)68-64(77-59-39-31-57(32-40-59)75(82)85-62-41-25-50(26-42-62)16-12-8-4)48-66(72(79)70(68)73(67)80)84-61-45-35-56(36-46-61)54-29-21-52(22-30-54)18-14-10-6-2/h23-26,31-48,51-54,76-79H,5-22,27-30H2,1-4H3. The van der Waals surface area contributed by atoms with Gasteiger partial charge in [-0.3, -0.25) is 9.59 Å². The number of aryl methyl sites for hydroxylation is 2. The number of nitrogens with one attached hydrogen (secondary N) is 2. The first-order chi connectivity index (χ1) is 41.5. The zero-order valence-corrected chi connectivity index (χ0v) is 50.4. The Hall–Kier alpha value is -7.85. The molecule has 0 heterocycles. The van der Waals surface area contributed by atoms with Crippen molar-refractivity contribution in [2.45, 2.75) is 181 Å². The number of carbonyl (C=O) groups excluding carboxylic acids is 3. The number of carbonyl (C=O) groups is 3. The number of esters is 1. The van der Waals surface area contributed by atoms with Gasteiger partial charge in [-0.2, -0.15) is 0 Å². The van der Waals surface area contributed by atoms with Crippen molar-refractivity contribution in [3.05, 3.63) is 184 Å². The molecule has 0 radical (unpaired) electrons. The van der Waals surface area contributed by atoms with E-state index in [4.69, 9.17) is 14.2 Å². The molecule has 2 fully saturated rings. The topological polar surface area (TPSA) is 143 Å². The minimum Gasteiger partial charge on any atom is -0.504 e. The number of anilines is 4. The van der Waals surface area contributed by atoms with Gasteiger partial charge >= 0.3 is 5.97 Å². The number of aromatic hydroxyl groups is 2. The van der Waals surface area contributed by atoms with E-state index in [9.17, 15) is 15.0 Å². The minimum atomic E-state index is -0.721. The fraction of sp³-hybridized carbons (Fsp3) is 0.400. The monoisotopic (exact) mass is 1140 g/mol. The fourth-order valence-electron chi connectivity index (χ4n) is 13.0. The van der Waals surface area contributed by atoms with E-state index in [0.29, 0.717) is 46.0 Å². The second-order valence-electron chi connectivity index (χ2n) is 24.2. The predicted molar refractivity (Wildman–Crippen MR) is 342 cm³/mol. The third-order valence-corrected chi connectivity index (χ3v) is 18.1. The molecule has 10 heteroatoms. The number of fused-ring (bicyclic) bond motifs is 2. The number of hydrogen-bond acceptors (Lipinski definition) is 10. The van der Waals surface area contributed by atoms with Crippen molar-refractivity contribution in [3.8, 4) is 40.2 Å². The molecule has 0 amide bonds. The highest BCUT2D eigenvalue weighted by molar-refractivity contribution is 6.34. The number of hydrogen-bond donors (Lipinski definition) is 4. The number of rotatable bonds is 26. The van der Waals surface area contributed by atoms with Crippen LogP contribution >= 0.6 is 0 Å². The summed E-state index contributed by atoms with van der Waals surface area (Å²) in [7, 11) is 0. The highest BCUT2D eigenvalue weighted by Crippen LogP contribution is 2.51. The van der Waals surface area contributed by atoms with Crippen LogP contribution in [0.1, 0.15) is 232 Å². The van der Waals surface area contributed by atoms with Crippen LogP contribution in [0, 0.1) is 11.8 Å². The molecule has 10 rings (SSSR count). The summed E-state index contributed by atoms with van der Waals surface area (Å²) in [6.45, 7) is 8.82. The van der Waals surface area contributed by atoms with E-state index < -0.39 is 29.0 Å². The summed E-state index contributed by atoms with van der Waals surface area (Å²) in [5.74, 6) is 0.734. The van der Waals surface area contributed by atoms with Gasteiger partial charge in [0.15, 0.2) is 23.0 Å². The highest BCUT2D eigenvalue weighted by Gasteiger charge is 2.41. The summed E-state index contributed by atoms with van der Waals surface area (Å²) in [6.07, 6.45) is 25.9. The summed E-state index contributed by atoms with van der Waals surface area (Å²) in [4.78, 5) is 44.6. The molecule has 444 valence electrons. The minimum absolute atomic E-state index is 0.0252. The molecular formula is C75H86N2O8. The van der Waals surface area contributed by atoms with Gasteiger partial charge in [-0.05, 0) is 196 Å². The van der Waals surface area contributed by atoms with E-state index in [1.807, 2.05) is 60.7 Å². The SMILES string of the molecule is CCCCCC1CCC(c2ccc(Oc3cc(Nc4ccc(CCCC)cc4)c4c(c3O)C(=O)c3c(Nc5ccc(C(=O)Oc6ccc(CCCC)cc6)cc5)cc(Oc5ccc(C6CCC(CCCCC)CC6)cc5)c(O)c3C4=O)cc2)CC1. The number of ether oxygens (including phenoxy) is 3. The zero-order valence-electron chi connectivity index (χ0n) is 50.4. The molecule has 0 aliphatic heterocycles. The maximum Gasteiger partial charge on any atom is 0.343 e. The molecule has 7 aromatic carbocycles. The summed E-state index contributed by atoms with van der Waals surface area (Å²) in [5, 5.41) is 31.6. The lowest BCUT2D eigenvalue weighted by Crippen LogP contribution is -2.24. The molecule has 3 aliphatic carbocycles. The van der Waals surface area contributed by atoms with E-state index in [1.165, 1.54) is 99.8 Å². The van der Waals surface area contributed by atoms with E-state index in [1.54, 1.807) is 42.5 Å². The lowest BCUT2D eigenvalue weighted by atomic mass is 9.77. The normalized spacial score (nSPS) is 17.4. The number of phenolic OH excluding ortho intramolecular Hbond substituents is 2. The summed E-state index contributed by atoms with van der Waals surface area (Å²) in [5.41, 5.74) is 5.71. The Morgan fingerprint density at radius 1 is 0.447 bits per heavy atom. The Morgan fingerprint density at radius 3 is 1.22 bits per heavy atom. The molecule has 2 saturated carbocycles. The first-order valence-corrected chi connectivity index (χ1v) is 32.0. The Labute approximate surface area is 503 Å². The van der Waals surface area contributed by atoms with Crippen LogP contribution < -0.4 is 24.8 Å². The summed E-state index contributed by atoms with van der Waals surface area (Å²) >= 11 is 0. The molecule has 0 atom stereocenters. The van der Waals surface area contributed by atoms with Crippen LogP contribution in [0.4, 0.5) is 22.7 Å². The molecule has 7 aromatic rings. The Kier molecular flexibility index (Phi) is 20.4. The summed E-state index contributed by atoms with van der Waals surface area (Å²) in [6, 6.07) is 41.0. The molecule has 4 N–H and O–H groups in total. The molecule has 0 spiro atoms. The maximum atomic E-state index is 15.6. The van der Waals surface area contributed by atoms with Crippen LogP contribution in [-0.2, 0) is 12.8 Å². The van der Waals surface area contributed by atoms with Crippen LogP contribution in [0.2, 0.25) is 0 Å². The molecule has 0 bridgehead atoms. The van der Waals surface area contributed by atoms with Crippen LogP contribution in [0.15, 0.2) is 133 Å². The van der Waals surface area contributed by atoms with Crippen LogP contribution in [0.3, 0.4) is 0 Å². The van der Waals surface area contributed by atoms with Gasteiger partial charge in [-0.25, -0.2) is 4.79 Å². The van der Waals surface area contributed by atoms with Gasteiger partial charge < -0.3 is 35.1 Å². The maximum absolute atomic E-state index is 15.6. The highest BCUT2D eigenvalue weighted by atomic mass is 16.5.